The molecule has 0 radical (unpaired) electrons. The first-order valence-electron chi connectivity index (χ1n) is 10.9. The van der Waals surface area contributed by atoms with Gasteiger partial charge in [0.15, 0.2) is 0 Å². The van der Waals surface area contributed by atoms with Gasteiger partial charge < -0.3 is 9.64 Å². The molecule has 168 valence electrons. The highest BCUT2D eigenvalue weighted by Gasteiger charge is 2.32. The molecular weight excluding hydrogens is 451 g/mol. The Balaban J connectivity index is 1.41. The van der Waals surface area contributed by atoms with E-state index in [0.29, 0.717) is 18.1 Å². The van der Waals surface area contributed by atoms with Crippen molar-refractivity contribution in [3.63, 3.8) is 0 Å². The van der Waals surface area contributed by atoms with Gasteiger partial charge in [-0.1, -0.05) is 42.4 Å². The number of nitrogens with zero attached hydrogens (tertiary/aromatic N) is 1. The molecule has 3 aromatic rings. The monoisotopic (exact) mass is 475 g/mol. The second-order valence-corrected chi connectivity index (χ2v) is 10.4. The third-order valence-electron chi connectivity index (χ3n) is 5.98. The van der Waals surface area contributed by atoms with Crippen LogP contribution in [-0.4, -0.2) is 31.1 Å². The number of hydrogen-bond acceptors (Lipinski definition) is 4. The van der Waals surface area contributed by atoms with Crippen LogP contribution in [0.25, 0.3) is 21.6 Å². The van der Waals surface area contributed by atoms with E-state index in [2.05, 4.69) is 11.0 Å². The fourth-order valence-corrected chi connectivity index (χ4v) is 6.68. The van der Waals surface area contributed by atoms with E-state index < -0.39 is 11.7 Å². The van der Waals surface area contributed by atoms with Gasteiger partial charge in [-0.3, -0.25) is 0 Å². The van der Waals surface area contributed by atoms with Crippen LogP contribution in [0.15, 0.2) is 58.3 Å². The molecule has 1 saturated heterocycles. The zero-order chi connectivity index (χ0) is 22.1. The summed E-state index contributed by atoms with van der Waals surface area (Å²) in [5, 5.41) is 0. The fourth-order valence-electron chi connectivity index (χ4n) is 4.33. The molecular formula is C25H24F3NOS2. The Hall–Kier alpha value is -1.80. The number of benzene rings is 2. The Morgan fingerprint density at radius 1 is 0.875 bits per heavy atom. The van der Waals surface area contributed by atoms with E-state index in [1.54, 1.807) is 17.4 Å². The second kappa shape index (κ2) is 9.21. The number of piperidine rings is 1. The first-order chi connectivity index (χ1) is 15.5. The quantitative estimate of drug-likeness (QED) is 0.276. The highest BCUT2D eigenvalue weighted by Crippen LogP contribution is 2.52. The number of ether oxygens (including phenoxy) is 1. The van der Waals surface area contributed by atoms with Gasteiger partial charge in [0.25, 0.3) is 0 Å². The Morgan fingerprint density at radius 3 is 2.50 bits per heavy atom. The summed E-state index contributed by atoms with van der Waals surface area (Å²) in [6, 6.07) is 14.2. The van der Waals surface area contributed by atoms with E-state index in [-0.39, 0.29) is 0 Å². The lowest BCUT2D eigenvalue weighted by Crippen LogP contribution is -2.32. The third kappa shape index (κ3) is 4.62. The maximum Gasteiger partial charge on any atom is 0.416 e. The van der Waals surface area contributed by atoms with Crippen LogP contribution < -0.4 is 0 Å². The van der Waals surface area contributed by atoms with Crippen molar-refractivity contribution in [1.29, 1.82) is 0 Å². The maximum absolute atomic E-state index is 13.3. The van der Waals surface area contributed by atoms with Crippen molar-refractivity contribution < 1.29 is 17.9 Å². The van der Waals surface area contributed by atoms with Gasteiger partial charge in [0.2, 0.25) is 0 Å². The van der Waals surface area contributed by atoms with Gasteiger partial charge in [0.05, 0.1) is 18.8 Å². The highest BCUT2D eigenvalue weighted by molar-refractivity contribution is 7.99. The van der Waals surface area contributed by atoms with Crippen molar-refractivity contribution in [3.8, 4) is 21.6 Å². The van der Waals surface area contributed by atoms with Crippen molar-refractivity contribution in [2.24, 2.45) is 0 Å². The second-order valence-electron chi connectivity index (χ2n) is 8.22. The number of rotatable bonds is 5. The lowest BCUT2D eigenvalue weighted by atomic mass is 10.0. The Kier molecular flexibility index (Phi) is 6.34. The zero-order valence-electron chi connectivity index (χ0n) is 17.6. The summed E-state index contributed by atoms with van der Waals surface area (Å²) in [4.78, 5) is 6.18. The van der Waals surface area contributed by atoms with Gasteiger partial charge in [0, 0.05) is 37.2 Å². The SMILES string of the molecule is FC(F)(F)c1ccc2c(c1)Sc1ccccc1-c1cc(COCCN3CCCCC3)sc1-2. The van der Waals surface area contributed by atoms with Gasteiger partial charge in [-0.2, -0.15) is 13.2 Å². The lowest BCUT2D eigenvalue weighted by Gasteiger charge is -2.26. The van der Waals surface area contributed by atoms with Gasteiger partial charge in [-0.25, -0.2) is 0 Å². The molecule has 1 fully saturated rings. The van der Waals surface area contributed by atoms with Gasteiger partial charge >= 0.3 is 6.18 Å². The number of thiophene rings is 1. The smallest absolute Gasteiger partial charge is 0.375 e. The predicted octanol–water partition coefficient (Wildman–Crippen LogP) is 7.57. The van der Waals surface area contributed by atoms with Crippen molar-refractivity contribution in [1.82, 2.24) is 4.90 Å². The molecule has 0 unspecified atom stereocenters. The minimum absolute atomic E-state index is 0.525. The largest absolute Gasteiger partial charge is 0.416 e. The van der Waals surface area contributed by atoms with Gasteiger partial charge in [-0.05, 0) is 55.8 Å². The van der Waals surface area contributed by atoms with Crippen LogP contribution in [-0.2, 0) is 17.5 Å². The third-order valence-corrected chi connectivity index (χ3v) is 8.25. The average Bonchev–Trinajstić information content (AvgIpc) is 3.16. The van der Waals surface area contributed by atoms with Crippen molar-refractivity contribution in [2.45, 2.75) is 41.8 Å². The molecule has 0 atom stereocenters. The molecule has 0 N–H and O–H groups in total. The van der Waals surface area contributed by atoms with Crippen molar-refractivity contribution >= 4 is 23.1 Å². The molecule has 3 heterocycles. The summed E-state index contributed by atoms with van der Waals surface area (Å²) in [5.41, 5.74) is 2.39. The number of halogens is 3. The molecule has 2 aromatic carbocycles. The minimum atomic E-state index is -4.35. The van der Waals surface area contributed by atoms with Crippen LogP contribution in [0.3, 0.4) is 0 Å². The number of likely N-dealkylation sites (tertiary alicyclic amines) is 1. The molecule has 0 aliphatic carbocycles. The Morgan fingerprint density at radius 2 is 1.69 bits per heavy atom. The summed E-state index contributed by atoms with van der Waals surface area (Å²) in [6.07, 6.45) is -0.494. The predicted molar refractivity (Wildman–Crippen MR) is 124 cm³/mol. The molecule has 0 spiro atoms. The maximum atomic E-state index is 13.3. The van der Waals surface area contributed by atoms with Crippen molar-refractivity contribution in [3.05, 3.63) is 59.0 Å². The van der Waals surface area contributed by atoms with Gasteiger partial charge in [-0.15, -0.1) is 11.3 Å². The van der Waals surface area contributed by atoms with E-state index in [9.17, 15) is 13.2 Å². The number of alkyl halides is 3. The number of hydrogen-bond donors (Lipinski definition) is 0. The van der Waals surface area contributed by atoms with Crippen LogP contribution in [0.2, 0.25) is 0 Å². The molecule has 2 nitrogen and oxygen atoms in total. The van der Waals surface area contributed by atoms with Crippen LogP contribution in [0, 0.1) is 0 Å². The summed E-state index contributed by atoms with van der Waals surface area (Å²) in [5.74, 6) is 0. The molecule has 2 aliphatic heterocycles. The summed E-state index contributed by atoms with van der Waals surface area (Å²) in [6.45, 7) is 4.48. The normalized spacial score (nSPS) is 16.2. The molecule has 32 heavy (non-hydrogen) atoms. The lowest BCUT2D eigenvalue weighted by molar-refractivity contribution is -0.137. The standard InChI is InChI=1S/C25H24F3NOS2/c26-25(27,28)17-8-9-20-23(14-17)32-22-7-3-2-6-19(22)21-15-18(31-24(20)21)16-30-13-12-29-10-4-1-5-11-29/h2-3,6-9,14-15H,1,4-5,10-13,16H2. The fraction of sp³-hybridized carbons (Fsp3) is 0.360. The van der Waals surface area contributed by atoms with Crippen LogP contribution in [0.4, 0.5) is 13.2 Å². The van der Waals surface area contributed by atoms with E-state index in [0.717, 1.165) is 51.0 Å². The topological polar surface area (TPSA) is 12.5 Å². The van der Waals surface area contributed by atoms with E-state index in [1.807, 2.05) is 24.3 Å². The summed E-state index contributed by atoms with van der Waals surface area (Å²) < 4.78 is 46.0. The summed E-state index contributed by atoms with van der Waals surface area (Å²) >= 11 is 3.03. The highest BCUT2D eigenvalue weighted by atomic mass is 32.2. The molecule has 0 bridgehead atoms. The van der Waals surface area contributed by atoms with Gasteiger partial charge in [0.1, 0.15) is 0 Å². The molecule has 0 saturated carbocycles. The zero-order valence-corrected chi connectivity index (χ0v) is 19.2. The minimum Gasteiger partial charge on any atom is -0.375 e. The molecule has 7 heteroatoms. The van der Waals surface area contributed by atoms with Crippen LogP contribution in [0.1, 0.15) is 29.7 Å². The number of fused-ring (bicyclic) bond motifs is 5. The van der Waals surface area contributed by atoms with Crippen LogP contribution in [0.5, 0.6) is 0 Å². The average molecular weight is 476 g/mol. The molecule has 5 rings (SSSR count). The molecule has 2 aliphatic rings. The van der Waals surface area contributed by atoms with E-state index >= 15 is 0 Å². The van der Waals surface area contributed by atoms with Crippen LogP contribution >= 0.6 is 23.1 Å². The Bertz CT molecular complexity index is 1100. The Labute approximate surface area is 194 Å². The first kappa shape index (κ1) is 22.0. The molecule has 1 aromatic heterocycles. The molecule has 0 amide bonds. The van der Waals surface area contributed by atoms with Crippen molar-refractivity contribution in [2.75, 3.05) is 26.2 Å². The van der Waals surface area contributed by atoms with E-state index in [4.69, 9.17) is 4.74 Å². The van der Waals surface area contributed by atoms with E-state index in [1.165, 1.54) is 43.2 Å². The first-order valence-corrected chi connectivity index (χ1v) is 12.5. The summed E-state index contributed by atoms with van der Waals surface area (Å²) in [7, 11) is 0.